The summed E-state index contributed by atoms with van der Waals surface area (Å²) in [4.78, 5) is 21.1. The number of nitrogens with zero attached hydrogens (tertiary/aromatic N) is 3. The number of benzene rings is 2. The van der Waals surface area contributed by atoms with Crippen molar-refractivity contribution in [3.8, 4) is 17.1 Å². The number of rotatable bonds is 9. The van der Waals surface area contributed by atoms with Crippen LogP contribution in [0.2, 0.25) is 0 Å². The van der Waals surface area contributed by atoms with Gasteiger partial charge in [0.05, 0.1) is 66.8 Å². The molecule has 1 aliphatic heterocycles. The molecule has 39 heavy (non-hydrogen) atoms. The minimum Gasteiger partial charge on any atom is -0.496 e. The normalized spacial score (nSPS) is 16.4. The molecule has 11 heteroatoms. The molecule has 1 fully saturated rings. The summed E-state index contributed by atoms with van der Waals surface area (Å²) >= 11 is 3.47. The number of pyridine rings is 1. The van der Waals surface area contributed by atoms with E-state index >= 15 is 0 Å². The number of anilines is 1. The predicted octanol–water partition coefficient (Wildman–Crippen LogP) is 3.60. The highest BCUT2D eigenvalue weighted by Gasteiger charge is 2.27. The van der Waals surface area contributed by atoms with Gasteiger partial charge in [-0.2, -0.15) is 0 Å². The Kier molecular flexibility index (Phi) is 8.22. The number of fused-ring (bicyclic) bond motifs is 1. The molecule has 4 aromatic rings. The van der Waals surface area contributed by atoms with Crippen molar-refractivity contribution in [2.24, 2.45) is 0 Å². The fourth-order valence-electron chi connectivity index (χ4n) is 4.91. The molecule has 0 radical (unpaired) electrons. The van der Waals surface area contributed by atoms with E-state index in [1.807, 2.05) is 41.9 Å². The Morgan fingerprint density at radius 1 is 1.28 bits per heavy atom. The van der Waals surface area contributed by atoms with E-state index in [1.54, 1.807) is 32.5 Å². The molecule has 0 saturated carbocycles. The largest absolute Gasteiger partial charge is 0.496 e. The number of para-hydroxylation sites is 1. The highest BCUT2D eigenvalue weighted by Crippen LogP contribution is 2.31. The van der Waals surface area contributed by atoms with Crippen LogP contribution in [-0.4, -0.2) is 72.9 Å². The molecule has 2 atom stereocenters. The lowest BCUT2D eigenvalue weighted by atomic mass is 10.1. The summed E-state index contributed by atoms with van der Waals surface area (Å²) in [6, 6.07) is 13.2. The molecule has 0 spiro atoms. The number of hydrogen-bond acceptors (Lipinski definition) is 8. The van der Waals surface area contributed by atoms with Crippen LogP contribution in [0, 0.1) is 6.92 Å². The number of nitrogens with one attached hydrogen (secondary N) is 2. The van der Waals surface area contributed by atoms with Crippen LogP contribution in [0.15, 0.2) is 57.9 Å². The van der Waals surface area contributed by atoms with E-state index in [2.05, 4.69) is 31.2 Å². The molecule has 2 aromatic carbocycles. The Balaban J connectivity index is 1.53. The number of ether oxygens (including phenoxy) is 3. The van der Waals surface area contributed by atoms with Crippen molar-refractivity contribution in [1.82, 2.24) is 14.6 Å². The van der Waals surface area contributed by atoms with Gasteiger partial charge in [0, 0.05) is 19.9 Å². The molecule has 0 bridgehead atoms. The lowest BCUT2D eigenvalue weighted by molar-refractivity contribution is -0.0158. The Labute approximate surface area is 234 Å². The van der Waals surface area contributed by atoms with Gasteiger partial charge in [-0.3, -0.25) is 4.79 Å². The SMILES string of the molecule is COC[C@@H]1CN(n2c(-c3c(NC[C@@H](O)c4ccc(OC)c(Br)c4)cc[nH]c3=O)nc3c(C)cccc32)CCO1. The summed E-state index contributed by atoms with van der Waals surface area (Å²) in [6.07, 6.45) is 0.658. The van der Waals surface area contributed by atoms with Crippen LogP contribution in [-0.2, 0) is 9.47 Å². The zero-order valence-electron chi connectivity index (χ0n) is 22.1. The molecule has 3 heterocycles. The first-order chi connectivity index (χ1) is 18.9. The number of methoxy groups -OCH3 is 2. The molecule has 0 unspecified atom stereocenters. The zero-order valence-corrected chi connectivity index (χ0v) is 23.7. The van der Waals surface area contributed by atoms with Gasteiger partial charge < -0.3 is 34.6 Å². The van der Waals surface area contributed by atoms with Crippen LogP contribution in [0.4, 0.5) is 5.69 Å². The van der Waals surface area contributed by atoms with Gasteiger partial charge in [-0.15, -0.1) is 0 Å². The van der Waals surface area contributed by atoms with E-state index in [1.165, 1.54) is 0 Å². The van der Waals surface area contributed by atoms with Crippen LogP contribution in [0.5, 0.6) is 5.75 Å². The van der Waals surface area contributed by atoms with Crippen LogP contribution in [0.25, 0.3) is 22.4 Å². The number of hydrogen-bond donors (Lipinski definition) is 3. The first-order valence-corrected chi connectivity index (χ1v) is 13.5. The molecule has 10 nitrogen and oxygen atoms in total. The molecule has 1 aliphatic rings. The minimum atomic E-state index is -0.825. The maximum absolute atomic E-state index is 13.3. The Hall–Kier alpha value is -3.38. The third-order valence-corrected chi connectivity index (χ3v) is 7.47. The third-order valence-electron chi connectivity index (χ3n) is 6.85. The molecule has 3 N–H and O–H groups in total. The van der Waals surface area contributed by atoms with Crippen molar-refractivity contribution in [3.05, 3.63) is 74.6 Å². The van der Waals surface area contributed by atoms with E-state index < -0.39 is 6.10 Å². The minimum absolute atomic E-state index is 0.107. The highest BCUT2D eigenvalue weighted by atomic mass is 79.9. The monoisotopic (exact) mass is 597 g/mol. The summed E-state index contributed by atoms with van der Waals surface area (Å²) in [7, 11) is 3.25. The summed E-state index contributed by atoms with van der Waals surface area (Å²) < 4.78 is 19.3. The number of halogens is 1. The fourth-order valence-corrected chi connectivity index (χ4v) is 5.47. The van der Waals surface area contributed by atoms with Gasteiger partial charge in [0.1, 0.15) is 11.3 Å². The lowest BCUT2D eigenvalue weighted by Gasteiger charge is -2.36. The van der Waals surface area contributed by atoms with Crippen molar-refractivity contribution in [2.45, 2.75) is 19.1 Å². The number of aliphatic hydroxyl groups is 1. The topological polar surface area (TPSA) is 114 Å². The number of aliphatic hydroxyl groups excluding tert-OH is 1. The number of morpholine rings is 1. The highest BCUT2D eigenvalue weighted by molar-refractivity contribution is 9.10. The van der Waals surface area contributed by atoms with E-state index in [9.17, 15) is 9.90 Å². The van der Waals surface area contributed by atoms with Crippen molar-refractivity contribution in [1.29, 1.82) is 0 Å². The van der Waals surface area contributed by atoms with Gasteiger partial charge in [0.25, 0.3) is 5.56 Å². The second-order valence-electron chi connectivity index (χ2n) is 9.44. The van der Waals surface area contributed by atoms with E-state index in [0.29, 0.717) is 54.7 Å². The fraction of sp³-hybridized carbons (Fsp3) is 0.357. The molecular weight excluding hydrogens is 566 g/mol. The standard InChI is InChI=1S/C28H32BrN5O5/c1-17-5-4-6-22-26(17)32-27(34(22)33-11-12-39-19(15-33)16-37-2)25-21(9-10-30-28(25)36)31-14-23(35)18-7-8-24(38-3)20(29)13-18/h4-10,13,19,23,35H,11-12,14-16H2,1-3H3,(H2,30,31,36)/t19-,23+/m0/s1. The van der Waals surface area contributed by atoms with Crippen molar-refractivity contribution >= 4 is 32.7 Å². The number of aromatic amines is 1. The first kappa shape index (κ1) is 27.2. The van der Waals surface area contributed by atoms with E-state index in [0.717, 1.165) is 21.1 Å². The van der Waals surface area contributed by atoms with Gasteiger partial charge in [-0.05, 0) is 58.2 Å². The summed E-state index contributed by atoms with van der Waals surface area (Å²) in [5.74, 6) is 1.20. The summed E-state index contributed by atoms with van der Waals surface area (Å²) in [5.41, 5.74) is 4.13. The maximum atomic E-state index is 13.3. The molecule has 2 aromatic heterocycles. The van der Waals surface area contributed by atoms with E-state index in [-0.39, 0.29) is 18.2 Å². The Morgan fingerprint density at radius 2 is 2.13 bits per heavy atom. The molecule has 206 valence electrons. The van der Waals surface area contributed by atoms with Gasteiger partial charge in [0.15, 0.2) is 5.82 Å². The predicted molar refractivity (Wildman–Crippen MR) is 154 cm³/mol. The van der Waals surface area contributed by atoms with Gasteiger partial charge in [0.2, 0.25) is 0 Å². The number of aromatic nitrogens is 3. The smallest absolute Gasteiger partial charge is 0.261 e. The quantitative estimate of drug-likeness (QED) is 0.268. The molecule has 1 saturated heterocycles. The van der Waals surface area contributed by atoms with Crippen LogP contribution >= 0.6 is 15.9 Å². The van der Waals surface area contributed by atoms with Crippen molar-refractivity contribution in [2.75, 3.05) is 57.4 Å². The molecular formula is C28H32BrN5O5. The van der Waals surface area contributed by atoms with Crippen molar-refractivity contribution in [3.63, 3.8) is 0 Å². The second-order valence-corrected chi connectivity index (χ2v) is 10.3. The van der Waals surface area contributed by atoms with Crippen molar-refractivity contribution < 1.29 is 19.3 Å². The zero-order chi connectivity index (χ0) is 27.5. The number of aryl methyl sites for hydroxylation is 1. The average Bonchev–Trinajstić information content (AvgIpc) is 3.32. The van der Waals surface area contributed by atoms with Crippen LogP contribution in [0.1, 0.15) is 17.2 Å². The first-order valence-electron chi connectivity index (χ1n) is 12.7. The lowest BCUT2D eigenvalue weighted by Crippen LogP contribution is -2.50. The Bertz CT molecular complexity index is 1520. The molecule has 0 aliphatic carbocycles. The second kappa shape index (κ2) is 11.8. The van der Waals surface area contributed by atoms with E-state index in [4.69, 9.17) is 19.2 Å². The Morgan fingerprint density at radius 3 is 2.90 bits per heavy atom. The maximum Gasteiger partial charge on any atom is 0.261 e. The average molecular weight is 598 g/mol. The van der Waals surface area contributed by atoms with Gasteiger partial charge >= 0.3 is 0 Å². The van der Waals surface area contributed by atoms with Crippen LogP contribution in [0.3, 0.4) is 0 Å². The third kappa shape index (κ3) is 5.53. The van der Waals surface area contributed by atoms with Crippen LogP contribution < -0.4 is 20.6 Å². The summed E-state index contributed by atoms with van der Waals surface area (Å²) in [5, 5.41) is 16.4. The molecule has 0 amide bonds. The number of H-pyrrole nitrogens is 1. The van der Waals surface area contributed by atoms with Gasteiger partial charge in [-0.1, -0.05) is 18.2 Å². The summed E-state index contributed by atoms with van der Waals surface area (Å²) in [6.45, 7) is 4.40. The van der Waals surface area contributed by atoms with Gasteiger partial charge in [-0.25, -0.2) is 9.66 Å². The molecule has 5 rings (SSSR count). The number of imidazole rings is 1.